The van der Waals surface area contributed by atoms with Crippen molar-refractivity contribution >= 4 is 29.2 Å². The Labute approximate surface area is 153 Å². The van der Waals surface area contributed by atoms with Crippen LogP contribution < -0.4 is 4.90 Å². The second-order valence-corrected chi connectivity index (χ2v) is 7.21. The third-order valence-electron chi connectivity index (χ3n) is 5.25. The van der Waals surface area contributed by atoms with Gasteiger partial charge in [0.05, 0.1) is 23.4 Å². The number of hydrogen-bond acceptors (Lipinski definition) is 4. The van der Waals surface area contributed by atoms with E-state index >= 15 is 0 Å². The first-order valence-corrected chi connectivity index (χ1v) is 9.39. The fourth-order valence-electron chi connectivity index (χ4n) is 3.78. The van der Waals surface area contributed by atoms with Crippen molar-refractivity contribution in [1.29, 1.82) is 0 Å². The van der Waals surface area contributed by atoms with Crippen LogP contribution in [-0.4, -0.2) is 50.1 Å². The molecule has 0 spiro atoms. The smallest absolute Gasteiger partial charge is 0.337 e. The third-order valence-corrected chi connectivity index (χ3v) is 5.57. The minimum atomic E-state index is -0.371. The van der Waals surface area contributed by atoms with Gasteiger partial charge in [-0.2, -0.15) is 0 Å². The average Bonchev–Trinajstić information content (AvgIpc) is 2.68. The highest BCUT2D eigenvalue weighted by molar-refractivity contribution is 6.33. The van der Waals surface area contributed by atoms with E-state index in [4.69, 9.17) is 16.3 Å². The second kappa shape index (κ2) is 8.09. The Morgan fingerprint density at radius 1 is 1.08 bits per heavy atom. The van der Waals surface area contributed by atoms with Crippen LogP contribution in [-0.2, 0) is 9.53 Å². The zero-order valence-corrected chi connectivity index (χ0v) is 15.4. The lowest BCUT2D eigenvalue weighted by atomic mass is 9.88. The quantitative estimate of drug-likeness (QED) is 0.772. The van der Waals surface area contributed by atoms with Crippen molar-refractivity contribution < 1.29 is 14.3 Å². The predicted molar refractivity (Wildman–Crippen MR) is 98.2 cm³/mol. The van der Waals surface area contributed by atoms with Gasteiger partial charge in [0.2, 0.25) is 5.91 Å². The van der Waals surface area contributed by atoms with Crippen molar-refractivity contribution in [2.24, 2.45) is 5.92 Å². The second-order valence-electron chi connectivity index (χ2n) is 6.81. The summed E-state index contributed by atoms with van der Waals surface area (Å²) in [6.07, 6.45) is 5.67. The van der Waals surface area contributed by atoms with E-state index in [0.29, 0.717) is 29.6 Å². The summed E-state index contributed by atoms with van der Waals surface area (Å²) < 4.78 is 4.78. The molecule has 0 radical (unpaired) electrons. The third kappa shape index (κ3) is 4.09. The number of rotatable bonds is 3. The van der Waals surface area contributed by atoms with E-state index in [-0.39, 0.29) is 11.9 Å². The molecule has 136 valence electrons. The number of carbonyl (C=O) groups is 2. The zero-order chi connectivity index (χ0) is 17.8. The van der Waals surface area contributed by atoms with Gasteiger partial charge in [0, 0.05) is 32.1 Å². The highest BCUT2D eigenvalue weighted by Gasteiger charge is 2.29. The molecule has 1 saturated carbocycles. The molecule has 2 fully saturated rings. The minimum Gasteiger partial charge on any atom is -0.465 e. The van der Waals surface area contributed by atoms with E-state index in [1.165, 1.54) is 26.4 Å². The van der Waals surface area contributed by atoms with Gasteiger partial charge in [-0.1, -0.05) is 30.9 Å². The Morgan fingerprint density at radius 3 is 2.40 bits per heavy atom. The number of ether oxygens (including phenoxy) is 1. The number of nitrogens with zero attached hydrogens (tertiary/aromatic N) is 2. The molecule has 1 amide bonds. The van der Waals surface area contributed by atoms with E-state index in [0.717, 1.165) is 31.6 Å². The average molecular weight is 365 g/mol. The van der Waals surface area contributed by atoms with Gasteiger partial charge in [0.15, 0.2) is 0 Å². The Morgan fingerprint density at radius 2 is 1.76 bits per heavy atom. The lowest BCUT2D eigenvalue weighted by Gasteiger charge is -2.38. The van der Waals surface area contributed by atoms with Crippen molar-refractivity contribution in [2.75, 3.05) is 38.2 Å². The van der Waals surface area contributed by atoms with Crippen LogP contribution in [0.1, 0.15) is 42.5 Å². The van der Waals surface area contributed by atoms with Gasteiger partial charge in [0.1, 0.15) is 0 Å². The molecule has 1 saturated heterocycles. The summed E-state index contributed by atoms with van der Waals surface area (Å²) in [5.41, 5.74) is 1.32. The monoisotopic (exact) mass is 364 g/mol. The summed E-state index contributed by atoms with van der Waals surface area (Å²) in [7, 11) is 1.37. The van der Waals surface area contributed by atoms with Crippen LogP contribution in [0.25, 0.3) is 0 Å². The van der Waals surface area contributed by atoms with E-state index in [2.05, 4.69) is 4.90 Å². The van der Waals surface area contributed by atoms with Gasteiger partial charge in [-0.15, -0.1) is 0 Å². The molecule has 1 aromatic rings. The number of halogens is 1. The number of anilines is 1. The van der Waals surface area contributed by atoms with Crippen LogP contribution in [0.3, 0.4) is 0 Å². The Kier molecular flexibility index (Phi) is 5.84. The topological polar surface area (TPSA) is 49.9 Å². The number of methoxy groups -OCH3 is 1. The maximum atomic E-state index is 12.7. The highest BCUT2D eigenvalue weighted by Crippen LogP contribution is 2.30. The maximum Gasteiger partial charge on any atom is 0.337 e. The van der Waals surface area contributed by atoms with Gasteiger partial charge in [-0.05, 0) is 31.0 Å². The standard InChI is InChI=1S/C19H25ClN2O3/c1-25-19(24)15-7-8-16(20)17(13-15)21-9-11-22(12-10-21)18(23)14-5-3-2-4-6-14/h7-8,13-14H,2-6,9-12H2,1H3. The number of piperazine rings is 1. The summed E-state index contributed by atoms with van der Waals surface area (Å²) in [6.45, 7) is 2.86. The van der Waals surface area contributed by atoms with Gasteiger partial charge >= 0.3 is 5.97 Å². The van der Waals surface area contributed by atoms with Crippen LogP contribution in [0, 0.1) is 5.92 Å². The van der Waals surface area contributed by atoms with Crippen LogP contribution in [0.2, 0.25) is 5.02 Å². The van der Waals surface area contributed by atoms with Crippen LogP contribution in [0.15, 0.2) is 18.2 Å². The summed E-state index contributed by atoms with van der Waals surface area (Å²) in [5.74, 6) is 0.157. The first kappa shape index (κ1) is 18.1. The highest BCUT2D eigenvalue weighted by atomic mass is 35.5. The van der Waals surface area contributed by atoms with Crippen molar-refractivity contribution in [1.82, 2.24) is 4.90 Å². The molecular weight excluding hydrogens is 340 g/mol. The predicted octanol–water partition coefficient (Wildman–Crippen LogP) is 3.36. The number of amides is 1. The molecular formula is C19H25ClN2O3. The Balaban J connectivity index is 1.64. The lowest BCUT2D eigenvalue weighted by molar-refractivity contribution is -0.136. The summed E-state index contributed by atoms with van der Waals surface area (Å²) in [5, 5.41) is 0.611. The Bertz CT molecular complexity index is 636. The molecule has 0 bridgehead atoms. The van der Waals surface area contributed by atoms with Gasteiger partial charge in [0.25, 0.3) is 0 Å². The van der Waals surface area contributed by atoms with Crippen molar-refractivity contribution in [2.45, 2.75) is 32.1 Å². The van der Waals surface area contributed by atoms with Crippen LogP contribution in [0.5, 0.6) is 0 Å². The molecule has 2 aliphatic rings. The summed E-state index contributed by atoms with van der Waals surface area (Å²) in [6, 6.07) is 5.16. The molecule has 5 nitrogen and oxygen atoms in total. The first-order valence-electron chi connectivity index (χ1n) is 9.01. The molecule has 0 atom stereocenters. The Hall–Kier alpha value is -1.75. The molecule has 1 heterocycles. The summed E-state index contributed by atoms with van der Waals surface area (Å²) in [4.78, 5) is 28.5. The number of hydrogen-bond donors (Lipinski definition) is 0. The van der Waals surface area contributed by atoms with Gasteiger partial charge in [-0.25, -0.2) is 4.79 Å². The normalized spacial score (nSPS) is 19.0. The SMILES string of the molecule is COC(=O)c1ccc(Cl)c(N2CCN(C(=O)C3CCCCC3)CC2)c1. The molecule has 6 heteroatoms. The fourth-order valence-corrected chi connectivity index (χ4v) is 4.01. The fraction of sp³-hybridized carbons (Fsp3) is 0.579. The summed E-state index contributed by atoms with van der Waals surface area (Å²) >= 11 is 6.32. The van der Waals surface area contributed by atoms with Crippen molar-refractivity contribution in [3.05, 3.63) is 28.8 Å². The molecule has 1 aliphatic carbocycles. The molecule has 3 rings (SSSR count). The van der Waals surface area contributed by atoms with E-state index in [1.807, 2.05) is 4.90 Å². The van der Waals surface area contributed by atoms with Crippen molar-refractivity contribution in [3.63, 3.8) is 0 Å². The molecule has 1 aliphatic heterocycles. The van der Waals surface area contributed by atoms with Crippen LogP contribution >= 0.6 is 11.6 Å². The van der Waals surface area contributed by atoms with E-state index in [1.54, 1.807) is 18.2 Å². The maximum absolute atomic E-state index is 12.7. The largest absolute Gasteiger partial charge is 0.465 e. The number of esters is 1. The zero-order valence-electron chi connectivity index (χ0n) is 14.7. The minimum absolute atomic E-state index is 0.214. The first-order chi connectivity index (χ1) is 12.1. The molecule has 0 aromatic heterocycles. The lowest BCUT2D eigenvalue weighted by Crippen LogP contribution is -2.50. The van der Waals surface area contributed by atoms with Gasteiger partial charge < -0.3 is 14.5 Å². The molecule has 0 unspecified atom stereocenters. The van der Waals surface area contributed by atoms with E-state index < -0.39 is 0 Å². The van der Waals surface area contributed by atoms with Gasteiger partial charge in [-0.3, -0.25) is 4.79 Å². The number of benzene rings is 1. The molecule has 0 N–H and O–H groups in total. The molecule has 1 aromatic carbocycles. The molecule has 25 heavy (non-hydrogen) atoms. The number of carbonyl (C=O) groups excluding carboxylic acids is 2. The van der Waals surface area contributed by atoms with E-state index in [9.17, 15) is 9.59 Å². The van der Waals surface area contributed by atoms with Crippen LogP contribution in [0.4, 0.5) is 5.69 Å². The van der Waals surface area contributed by atoms with Crippen molar-refractivity contribution in [3.8, 4) is 0 Å².